The summed E-state index contributed by atoms with van der Waals surface area (Å²) in [6, 6.07) is 11.2. The molecule has 6 nitrogen and oxygen atoms in total. The van der Waals surface area contributed by atoms with Crippen LogP contribution in [0.25, 0.3) is 0 Å². The highest BCUT2D eigenvalue weighted by molar-refractivity contribution is 5.84. The van der Waals surface area contributed by atoms with E-state index in [1.165, 1.54) is 0 Å². The number of nitrogens with one attached hydrogen (secondary N) is 3. The summed E-state index contributed by atoms with van der Waals surface area (Å²) in [6.07, 6.45) is 0.759. The first-order valence-corrected chi connectivity index (χ1v) is 8.37. The Kier molecular flexibility index (Phi) is 6.62. The number of carbonyl (C=O) groups excluding carboxylic acids is 2. The molecule has 3 N–H and O–H groups in total. The van der Waals surface area contributed by atoms with Crippen molar-refractivity contribution >= 4 is 11.9 Å². The van der Waals surface area contributed by atoms with Crippen molar-refractivity contribution in [2.45, 2.75) is 33.2 Å². The first kappa shape index (κ1) is 18.6. The molecule has 0 fully saturated rings. The number of furan rings is 1. The van der Waals surface area contributed by atoms with Gasteiger partial charge in [0.15, 0.2) is 0 Å². The van der Waals surface area contributed by atoms with Gasteiger partial charge in [0.2, 0.25) is 5.91 Å². The fraction of sp³-hybridized carbons (Fsp3) is 0.368. The highest BCUT2D eigenvalue weighted by Gasteiger charge is 2.15. The Hall–Kier alpha value is -2.76. The minimum Gasteiger partial charge on any atom is -0.466 e. The Morgan fingerprint density at radius 3 is 2.48 bits per heavy atom. The largest absolute Gasteiger partial charge is 0.466 e. The van der Waals surface area contributed by atoms with E-state index >= 15 is 0 Å². The lowest BCUT2D eigenvalue weighted by molar-refractivity contribution is -0.120. The van der Waals surface area contributed by atoms with Crippen LogP contribution in [-0.4, -0.2) is 25.0 Å². The summed E-state index contributed by atoms with van der Waals surface area (Å²) in [7, 11) is 0. The zero-order valence-electron chi connectivity index (χ0n) is 14.9. The smallest absolute Gasteiger partial charge is 0.315 e. The van der Waals surface area contributed by atoms with E-state index in [4.69, 9.17) is 4.42 Å². The molecule has 1 heterocycles. The maximum Gasteiger partial charge on any atom is 0.315 e. The summed E-state index contributed by atoms with van der Waals surface area (Å²) < 4.78 is 5.46. The quantitative estimate of drug-likeness (QED) is 0.722. The zero-order valence-corrected chi connectivity index (χ0v) is 14.9. The second-order valence-corrected chi connectivity index (χ2v) is 6.00. The van der Waals surface area contributed by atoms with Crippen LogP contribution >= 0.6 is 0 Å². The van der Waals surface area contributed by atoms with Crippen LogP contribution in [-0.2, 0) is 11.2 Å². The van der Waals surface area contributed by atoms with Gasteiger partial charge in [0.25, 0.3) is 0 Å². The Morgan fingerprint density at radius 1 is 1.12 bits per heavy atom. The molecule has 0 aliphatic carbocycles. The van der Waals surface area contributed by atoms with E-state index < -0.39 is 0 Å². The van der Waals surface area contributed by atoms with Crippen LogP contribution in [0, 0.1) is 13.8 Å². The van der Waals surface area contributed by atoms with Crippen molar-refractivity contribution in [1.82, 2.24) is 16.0 Å². The molecule has 1 atom stereocenters. The first-order chi connectivity index (χ1) is 12.0. The predicted octanol–water partition coefficient (Wildman–Crippen LogP) is 2.62. The molecule has 6 heteroatoms. The summed E-state index contributed by atoms with van der Waals surface area (Å²) in [5.74, 6) is 1.37. The summed E-state index contributed by atoms with van der Waals surface area (Å²) in [6.45, 7) is 6.07. The molecule has 0 saturated heterocycles. The lowest BCUT2D eigenvalue weighted by Crippen LogP contribution is -2.43. The molecular formula is C19H25N3O3. The van der Waals surface area contributed by atoms with E-state index in [9.17, 15) is 9.59 Å². The third-order valence-corrected chi connectivity index (χ3v) is 3.88. The molecule has 1 unspecified atom stereocenters. The van der Waals surface area contributed by atoms with Crippen LogP contribution < -0.4 is 16.0 Å². The highest BCUT2D eigenvalue weighted by Crippen LogP contribution is 2.20. The number of aryl methyl sites for hydroxylation is 2. The maximum atomic E-state index is 11.9. The molecule has 25 heavy (non-hydrogen) atoms. The summed E-state index contributed by atoms with van der Waals surface area (Å²) in [5.41, 5.74) is 2.09. The van der Waals surface area contributed by atoms with Gasteiger partial charge in [0.05, 0.1) is 12.6 Å². The number of amides is 3. The van der Waals surface area contributed by atoms with E-state index in [1.807, 2.05) is 57.2 Å². The Labute approximate surface area is 148 Å². The average molecular weight is 343 g/mol. The fourth-order valence-corrected chi connectivity index (χ4v) is 2.62. The molecule has 0 aliphatic rings. The zero-order chi connectivity index (χ0) is 18.2. The Morgan fingerprint density at radius 2 is 1.84 bits per heavy atom. The number of rotatable bonds is 7. The molecule has 1 aromatic carbocycles. The molecule has 0 radical (unpaired) electrons. The van der Waals surface area contributed by atoms with Crippen molar-refractivity contribution in [3.05, 3.63) is 59.0 Å². The third-order valence-electron chi connectivity index (χ3n) is 3.88. The summed E-state index contributed by atoms with van der Waals surface area (Å²) >= 11 is 0. The van der Waals surface area contributed by atoms with Gasteiger partial charge in [-0.15, -0.1) is 0 Å². The van der Waals surface area contributed by atoms with Gasteiger partial charge in [-0.2, -0.15) is 0 Å². The number of carbonyl (C=O) groups is 2. The van der Waals surface area contributed by atoms with Crippen LogP contribution in [0.1, 0.15) is 35.6 Å². The van der Waals surface area contributed by atoms with Crippen molar-refractivity contribution in [3.63, 3.8) is 0 Å². The standard InChI is InChI=1S/C19H25N3O3/c1-13-11-17(15(3)25-13)14(2)22-19(24)21-12-18(23)20-10-9-16-7-5-4-6-8-16/h4-8,11,14H,9-10,12H2,1-3H3,(H,20,23)(H2,21,22,24). The second-order valence-electron chi connectivity index (χ2n) is 6.00. The van der Waals surface area contributed by atoms with Crippen LogP contribution in [0.4, 0.5) is 4.79 Å². The van der Waals surface area contributed by atoms with Crippen LogP contribution in [0.15, 0.2) is 40.8 Å². The van der Waals surface area contributed by atoms with Crippen molar-refractivity contribution in [2.75, 3.05) is 13.1 Å². The van der Waals surface area contributed by atoms with E-state index in [1.54, 1.807) is 0 Å². The Balaban J connectivity index is 1.67. The van der Waals surface area contributed by atoms with Gasteiger partial charge < -0.3 is 20.4 Å². The van der Waals surface area contributed by atoms with Gasteiger partial charge in [0, 0.05) is 12.1 Å². The molecule has 2 rings (SSSR count). The van der Waals surface area contributed by atoms with Crippen molar-refractivity contribution in [1.29, 1.82) is 0 Å². The number of hydrogen-bond acceptors (Lipinski definition) is 3. The predicted molar refractivity (Wildman–Crippen MR) is 96.3 cm³/mol. The molecule has 0 aliphatic heterocycles. The first-order valence-electron chi connectivity index (χ1n) is 8.37. The normalized spacial score (nSPS) is 11.6. The van der Waals surface area contributed by atoms with Gasteiger partial charge in [-0.05, 0) is 38.8 Å². The van der Waals surface area contributed by atoms with Gasteiger partial charge >= 0.3 is 6.03 Å². The summed E-state index contributed by atoms with van der Waals surface area (Å²) in [4.78, 5) is 23.7. The number of hydrogen-bond donors (Lipinski definition) is 3. The van der Waals surface area contributed by atoms with Crippen molar-refractivity contribution in [2.24, 2.45) is 0 Å². The highest BCUT2D eigenvalue weighted by atomic mass is 16.3. The van der Waals surface area contributed by atoms with Crippen molar-refractivity contribution < 1.29 is 14.0 Å². The Bertz CT molecular complexity index is 710. The minimum absolute atomic E-state index is 0.0588. The molecule has 3 amide bonds. The fourth-order valence-electron chi connectivity index (χ4n) is 2.62. The van der Waals surface area contributed by atoms with Crippen LogP contribution in [0.5, 0.6) is 0 Å². The molecule has 2 aromatic rings. The van der Waals surface area contributed by atoms with E-state index in [0.29, 0.717) is 6.54 Å². The lowest BCUT2D eigenvalue weighted by atomic mass is 10.1. The van der Waals surface area contributed by atoms with Crippen molar-refractivity contribution in [3.8, 4) is 0 Å². The lowest BCUT2D eigenvalue weighted by Gasteiger charge is -2.14. The monoisotopic (exact) mass is 343 g/mol. The molecule has 1 aromatic heterocycles. The van der Waals surface area contributed by atoms with Gasteiger partial charge in [-0.1, -0.05) is 30.3 Å². The molecule has 134 valence electrons. The number of urea groups is 1. The molecular weight excluding hydrogens is 318 g/mol. The SMILES string of the molecule is Cc1cc(C(C)NC(=O)NCC(=O)NCCc2ccccc2)c(C)o1. The topological polar surface area (TPSA) is 83.4 Å². The number of benzene rings is 1. The average Bonchev–Trinajstić information content (AvgIpc) is 2.92. The van der Waals surface area contributed by atoms with E-state index in [-0.39, 0.29) is 24.5 Å². The minimum atomic E-state index is -0.385. The second kappa shape index (κ2) is 8.92. The third kappa shape index (κ3) is 5.99. The van der Waals surface area contributed by atoms with E-state index in [2.05, 4.69) is 16.0 Å². The van der Waals surface area contributed by atoms with Crippen LogP contribution in [0.2, 0.25) is 0 Å². The maximum absolute atomic E-state index is 11.9. The van der Waals surface area contributed by atoms with Gasteiger partial charge in [-0.3, -0.25) is 4.79 Å². The molecule has 0 spiro atoms. The summed E-state index contributed by atoms with van der Waals surface area (Å²) in [5, 5.41) is 8.15. The molecule has 0 bridgehead atoms. The van der Waals surface area contributed by atoms with Gasteiger partial charge in [-0.25, -0.2) is 4.79 Å². The van der Waals surface area contributed by atoms with Gasteiger partial charge in [0.1, 0.15) is 11.5 Å². The van der Waals surface area contributed by atoms with Crippen LogP contribution in [0.3, 0.4) is 0 Å². The molecule has 0 saturated carbocycles. The van der Waals surface area contributed by atoms with E-state index in [0.717, 1.165) is 29.1 Å².